The van der Waals surface area contributed by atoms with Crippen LogP contribution in [0.1, 0.15) is 21.5 Å². The minimum absolute atomic E-state index is 0.239. The van der Waals surface area contributed by atoms with Gasteiger partial charge < -0.3 is 10.2 Å². The molecule has 158 valence electrons. The van der Waals surface area contributed by atoms with E-state index >= 15 is 0 Å². The normalized spacial score (nSPS) is 15.8. The van der Waals surface area contributed by atoms with Crippen LogP contribution in [-0.2, 0) is 4.79 Å². The number of pyridine rings is 1. The zero-order chi connectivity index (χ0) is 22.2. The van der Waals surface area contributed by atoms with Crippen LogP contribution >= 0.6 is 0 Å². The third-order valence-electron chi connectivity index (χ3n) is 5.34. The highest BCUT2D eigenvalue weighted by Gasteiger charge is 2.32. The van der Waals surface area contributed by atoms with E-state index in [1.54, 1.807) is 49.5 Å². The number of para-hydroxylation sites is 1. The fraction of sp³-hybridized carbons (Fsp3) is 0.0870. The van der Waals surface area contributed by atoms with Gasteiger partial charge in [0.1, 0.15) is 5.82 Å². The largest absolute Gasteiger partial charge is 0.322 e. The number of H-pyrrole nitrogens is 1. The molecule has 2 aromatic carbocycles. The summed E-state index contributed by atoms with van der Waals surface area (Å²) in [6, 6.07) is 14.8. The third kappa shape index (κ3) is 3.20. The van der Waals surface area contributed by atoms with Crippen LogP contribution in [0.5, 0.6) is 0 Å². The lowest BCUT2D eigenvalue weighted by Crippen LogP contribution is -2.46. The van der Waals surface area contributed by atoms with Gasteiger partial charge in [-0.05, 0) is 24.3 Å². The Morgan fingerprint density at radius 1 is 1.09 bits per heavy atom. The average Bonchev–Trinajstić information content (AvgIpc) is 3.27. The van der Waals surface area contributed by atoms with E-state index in [0.29, 0.717) is 27.8 Å². The average molecular weight is 428 g/mol. The summed E-state index contributed by atoms with van der Waals surface area (Å²) in [6.07, 6.45) is 1.70. The maximum Gasteiger partial charge on any atom is 0.272 e. The molecule has 3 heterocycles. The molecule has 4 aromatic rings. The number of amides is 2. The van der Waals surface area contributed by atoms with Crippen molar-refractivity contribution in [3.05, 3.63) is 89.5 Å². The number of aromatic nitrogens is 3. The molecule has 0 bridgehead atoms. The molecule has 0 aliphatic carbocycles. The van der Waals surface area contributed by atoms with E-state index in [1.807, 2.05) is 0 Å². The molecule has 8 nitrogen and oxygen atoms in total. The molecular formula is C23H17FN6O2. The van der Waals surface area contributed by atoms with Crippen LogP contribution in [0.2, 0.25) is 0 Å². The van der Waals surface area contributed by atoms with Crippen molar-refractivity contribution in [3.63, 3.8) is 0 Å². The zero-order valence-electron chi connectivity index (χ0n) is 16.9. The highest BCUT2D eigenvalue weighted by Crippen LogP contribution is 2.28. The lowest BCUT2D eigenvalue weighted by atomic mass is 10.00. The number of benzene rings is 2. The van der Waals surface area contributed by atoms with Gasteiger partial charge in [-0.3, -0.25) is 14.7 Å². The van der Waals surface area contributed by atoms with Crippen molar-refractivity contribution in [1.29, 1.82) is 0 Å². The van der Waals surface area contributed by atoms with E-state index in [9.17, 15) is 14.0 Å². The van der Waals surface area contributed by atoms with Crippen molar-refractivity contribution < 1.29 is 14.0 Å². The Bertz CT molecular complexity index is 1400. The fourth-order valence-corrected chi connectivity index (χ4v) is 3.74. The van der Waals surface area contributed by atoms with Crippen molar-refractivity contribution in [2.75, 3.05) is 11.9 Å². The van der Waals surface area contributed by atoms with Gasteiger partial charge in [0.25, 0.3) is 11.8 Å². The Labute approximate surface area is 181 Å². The van der Waals surface area contributed by atoms with E-state index < -0.39 is 23.8 Å². The van der Waals surface area contributed by atoms with E-state index in [4.69, 9.17) is 0 Å². The molecule has 1 atom stereocenters. The summed E-state index contributed by atoms with van der Waals surface area (Å²) in [5.41, 5.74) is 2.42. The van der Waals surface area contributed by atoms with E-state index in [2.05, 4.69) is 25.5 Å². The first kappa shape index (κ1) is 19.6. The minimum atomic E-state index is -1.26. The Kier molecular flexibility index (Phi) is 4.70. The van der Waals surface area contributed by atoms with Crippen LogP contribution in [0, 0.1) is 5.82 Å². The number of likely N-dealkylation sites (N-methyl/N-ethyl adjacent to an activating group) is 1. The van der Waals surface area contributed by atoms with Crippen LogP contribution in [0.3, 0.4) is 0 Å². The molecule has 0 radical (unpaired) electrons. The number of halogens is 1. The SMILES string of the molecule is CN1C(=O)C(NC(=O)c2ccnc3[nH]ncc23)N=C(c2ccccc2F)c2ccccc21. The van der Waals surface area contributed by atoms with E-state index in [1.165, 1.54) is 29.4 Å². The standard InChI is InChI=1S/C23H17FN6O2/c1-30-18-9-5-3-7-15(18)19(14-6-2-4-8-17(14)24)27-21(23(30)32)28-22(31)13-10-11-25-20-16(13)12-26-29-20/h2-12,21H,1H3,(H,28,31)(H,25,26,29). The fourth-order valence-electron chi connectivity index (χ4n) is 3.74. The number of nitrogens with zero attached hydrogens (tertiary/aromatic N) is 4. The maximum atomic E-state index is 14.7. The Balaban J connectivity index is 1.61. The monoisotopic (exact) mass is 428 g/mol. The third-order valence-corrected chi connectivity index (χ3v) is 5.34. The predicted octanol–water partition coefficient (Wildman–Crippen LogP) is 2.67. The highest BCUT2D eigenvalue weighted by atomic mass is 19.1. The van der Waals surface area contributed by atoms with Gasteiger partial charge in [-0.1, -0.05) is 30.3 Å². The number of hydrogen-bond acceptors (Lipinski definition) is 5. The number of hydrogen-bond donors (Lipinski definition) is 2. The molecule has 1 aliphatic rings. The molecule has 1 aliphatic heterocycles. The van der Waals surface area contributed by atoms with Gasteiger partial charge in [0.05, 0.1) is 28.5 Å². The van der Waals surface area contributed by atoms with E-state index in [-0.39, 0.29) is 11.3 Å². The van der Waals surface area contributed by atoms with Gasteiger partial charge in [-0.15, -0.1) is 0 Å². The topological polar surface area (TPSA) is 103 Å². The molecule has 0 spiro atoms. The number of carbonyl (C=O) groups is 2. The van der Waals surface area contributed by atoms with Crippen molar-refractivity contribution in [2.45, 2.75) is 6.17 Å². The summed E-state index contributed by atoms with van der Waals surface area (Å²) in [5.74, 6) is -1.44. The summed E-state index contributed by atoms with van der Waals surface area (Å²) in [5, 5.41) is 9.81. The van der Waals surface area contributed by atoms with Crippen LogP contribution in [0.15, 0.2) is 72.0 Å². The number of carbonyl (C=O) groups excluding carboxylic acids is 2. The number of aromatic amines is 1. The van der Waals surface area contributed by atoms with Crippen molar-refractivity contribution in [2.24, 2.45) is 4.99 Å². The molecule has 5 rings (SSSR count). The zero-order valence-corrected chi connectivity index (χ0v) is 16.9. The predicted molar refractivity (Wildman–Crippen MR) is 117 cm³/mol. The van der Waals surface area contributed by atoms with Gasteiger partial charge >= 0.3 is 0 Å². The lowest BCUT2D eigenvalue weighted by molar-refractivity contribution is -0.119. The van der Waals surface area contributed by atoms with Gasteiger partial charge in [-0.25, -0.2) is 14.4 Å². The quantitative estimate of drug-likeness (QED) is 0.524. The van der Waals surface area contributed by atoms with Gasteiger partial charge in [0, 0.05) is 24.4 Å². The van der Waals surface area contributed by atoms with Crippen LogP contribution in [-0.4, -0.2) is 45.9 Å². The number of fused-ring (bicyclic) bond motifs is 2. The van der Waals surface area contributed by atoms with Crippen molar-refractivity contribution >= 4 is 34.2 Å². The summed E-state index contributed by atoms with van der Waals surface area (Å²) in [4.78, 5) is 36.4. The van der Waals surface area contributed by atoms with Gasteiger partial charge in [0.15, 0.2) is 5.65 Å². The molecule has 1 unspecified atom stereocenters. The summed E-state index contributed by atoms with van der Waals surface area (Å²) >= 11 is 0. The second-order valence-electron chi connectivity index (χ2n) is 7.24. The first-order valence-corrected chi connectivity index (χ1v) is 9.83. The smallest absolute Gasteiger partial charge is 0.272 e. The summed E-state index contributed by atoms with van der Waals surface area (Å²) in [7, 11) is 1.60. The molecule has 0 fully saturated rings. The molecular weight excluding hydrogens is 411 g/mol. The van der Waals surface area contributed by atoms with E-state index in [0.717, 1.165) is 0 Å². The molecule has 9 heteroatoms. The molecule has 2 N–H and O–H groups in total. The Morgan fingerprint density at radius 2 is 1.84 bits per heavy atom. The summed E-state index contributed by atoms with van der Waals surface area (Å²) in [6.45, 7) is 0. The molecule has 0 saturated heterocycles. The Hall–Kier alpha value is -4.40. The molecule has 2 aromatic heterocycles. The Morgan fingerprint density at radius 3 is 2.66 bits per heavy atom. The number of aliphatic imine (C=N–C) groups is 1. The first-order chi connectivity index (χ1) is 15.5. The number of nitrogens with one attached hydrogen (secondary N) is 2. The molecule has 32 heavy (non-hydrogen) atoms. The second-order valence-corrected chi connectivity index (χ2v) is 7.24. The second kappa shape index (κ2) is 7.69. The molecule has 0 saturated carbocycles. The van der Waals surface area contributed by atoms with Crippen LogP contribution < -0.4 is 10.2 Å². The van der Waals surface area contributed by atoms with Gasteiger partial charge in [0.2, 0.25) is 6.17 Å². The van der Waals surface area contributed by atoms with Crippen molar-refractivity contribution in [1.82, 2.24) is 20.5 Å². The lowest BCUT2D eigenvalue weighted by Gasteiger charge is -2.21. The van der Waals surface area contributed by atoms with Crippen LogP contribution in [0.4, 0.5) is 10.1 Å². The summed E-state index contributed by atoms with van der Waals surface area (Å²) < 4.78 is 14.7. The number of anilines is 1. The first-order valence-electron chi connectivity index (χ1n) is 9.83. The highest BCUT2D eigenvalue weighted by molar-refractivity contribution is 6.20. The number of rotatable bonds is 3. The maximum absolute atomic E-state index is 14.7. The minimum Gasteiger partial charge on any atom is -0.322 e. The van der Waals surface area contributed by atoms with Crippen LogP contribution in [0.25, 0.3) is 11.0 Å². The molecule has 2 amide bonds. The number of benzodiazepines with no additional fused rings is 1. The van der Waals surface area contributed by atoms with Gasteiger partial charge in [-0.2, -0.15) is 5.10 Å². The van der Waals surface area contributed by atoms with Crippen molar-refractivity contribution in [3.8, 4) is 0 Å².